The lowest BCUT2D eigenvalue weighted by Crippen LogP contribution is -1.80. The molecule has 0 bridgehead atoms. The zero-order chi connectivity index (χ0) is 14.7. The van der Waals surface area contributed by atoms with Gasteiger partial charge in [0, 0.05) is 15.8 Å². The third-order valence-corrected chi connectivity index (χ3v) is 4.34. The van der Waals surface area contributed by atoms with E-state index in [0.29, 0.717) is 11.1 Å². The molecule has 3 aromatic rings. The zero-order valence-electron chi connectivity index (χ0n) is 11.4. The summed E-state index contributed by atoms with van der Waals surface area (Å²) in [6.07, 6.45) is 0. The van der Waals surface area contributed by atoms with E-state index in [1.165, 1.54) is 22.9 Å². The van der Waals surface area contributed by atoms with E-state index < -0.39 is 0 Å². The Morgan fingerprint density at radius 3 is 2.67 bits per heavy atom. The smallest absolute Gasteiger partial charge is 0.277 e. The Kier molecular flexibility index (Phi) is 4.41. The minimum absolute atomic E-state index is 0.562. The maximum atomic E-state index is 5.69. The van der Waals surface area contributed by atoms with Crippen LogP contribution in [0.15, 0.2) is 62.6 Å². The molecule has 0 spiro atoms. The third kappa shape index (κ3) is 3.74. The molecule has 106 valence electrons. The number of nitrogens with zero attached hydrogens (tertiary/aromatic N) is 2. The van der Waals surface area contributed by atoms with Gasteiger partial charge in [0.25, 0.3) is 5.22 Å². The summed E-state index contributed by atoms with van der Waals surface area (Å²) in [4.78, 5) is 0. The predicted octanol–water partition coefficient (Wildman–Crippen LogP) is 5.10. The molecule has 2 aromatic carbocycles. The summed E-state index contributed by atoms with van der Waals surface area (Å²) >= 11 is 5.01. The van der Waals surface area contributed by atoms with Crippen molar-refractivity contribution in [2.24, 2.45) is 0 Å². The van der Waals surface area contributed by atoms with Crippen molar-refractivity contribution in [3.8, 4) is 11.5 Å². The molecule has 3 nitrogen and oxygen atoms in total. The van der Waals surface area contributed by atoms with Gasteiger partial charge in [-0.05, 0) is 36.8 Å². The van der Waals surface area contributed by atoms with Gasteiger partial charge < -0.3 is 4.42 Å². The third-order valence-electron chi connectivity index (χ3n) is 2.96. The maximum Gasteiger partial charge on any atom is 0.277 e. The number of aromatic nitrogens is 2. The van der Waals surface area contributed by atoms with Gasteiger partial charge in [0.05, 0.1) is 0 Å². The molecule has 0 radical (unpaired) electrons. The fourth-order valence-electron chi connectivity index (χ4n) is 1.85. The molecule has 0 unspecified atom stereocenters. The molecule has 0 aliphatic rings. The summed E-state index contributed by atoms with van der Waals surface area (Å²) in [5.74, 6) is 1.36. The summed E-state index contributed by atoms with van der Waals surface area (Å²) in [5, 5.41) is 8.77. The quantitative estimate of drug-likeness (QED) is 0.606. The van der Waals surface area contributed by atoms with Gasteiger partial charge in [0.15, 0.2) is 0 Å². The van der Waals surface area contributed by atoms with Crippen molar-refractivity contribution in [1.29, 1.82) is 0 Å². The number of thioether (sulfide) groups is 1. The number of hydrogen-bond donors (Lipinski definition) is 0. The van der Waals surface area contributed by atoms with Gasteiger partial charge in [-0.25, -0.2) is 0 Å². The van der Waals surface area contributed by atoms with Crippen LogP contribution in [0.2, 0.25) is 0 Å². The van der Waals surface area contributed by atoms with Gasteiger partial charge in [-0.3, -0.25) is 0 Å². The summed E-state index contributed by atoms with van der Waals surface area (Å²) < 4.78 is 6.77. The van der Waals surface area contributed by atoms with Gasteiger partial charge in [-0.2, -0.15) is 0 Å². The minimum Gasteiger partial charge on any atom is -0.411 e. The van der Waals surface area contributed by atoms with E-state index in [1.807, 2.05) is 36.4 Å². The number of halogens is 1. The van der Waals surface area contributed by atoms with Crippen LogP contribution in [0.1, 0.15) is 11.1 Å². The molecule has 21 heavy (non-hydrogen) atoms. The van der Waals surface area contributed by atoms with Gasteiger partial charge in [0.2, 0.25) is 5.89 Å². The molecule has 3 rings (SSSR count). The van der Waals surface area contributed by atoms with Crippen LogP contribution < -0.4 is 0 Å². The van der Waals surface area contributed by atoms with Crippen LogP contribution in [0.5, 0.6) is 0 Å². The summed E-state index contributed by atoms with van der Waals surface area (Å²) in [6, 6.07) is 16.3. The molecule has 0 atom stereocenters. The average molecular weight is 361 g/mol. The van der Waals surface area contributed by atoms with E-state index in [2.05, 4.69) is 45.2 Å². The van der Waals surface area contributed by atoms with E-state index in [0.717, 1.165) is 15.8 Å². The second-order valence-electron chi connectivity index (χ2n) is 4.66. The molecular formula is C16H13BrN2OS. The lowest BCUT2D eigenvalue weighted by molar-refractivity contribution is 0.466. The average Bonchev–Trinajstić information content (AvgIpc) is 2.95. The molecule has 0 amide bonds. The van der Waals surface area contributed by atoms with E-state index in [1.54, 1.807) is 0 Å². The van der Waals surface area contributed by atoms with Crippen LogP contribution in [-0.4, -0.2) is 10.2 Å². The van der Waals surface area contributed by atoms with Crippen molar-refractivity contribution in [3.05, 3.63) is 64.1 Å². The van der Waals surface area contributed by atoms with Gasteiger partial charge in [0.1, 0.15) is 0 Å². The van der Waals surface area contributed by atoms with Gasteiger partial charge in [-0.15, -0.1) is 10.2 Å². The standard InChI is InChI=1S/C16H13BrN2OS/c1-11-5-7-13(8-6-11)15-18-19-16(20-15)21-10-12-3-2-4-14(17)9-12/h2-9H,10H2,1H3. The zero-order valence-corrected chi connectivity index (χ0v) is 13.8. The SMILES string of the molecule is Cc1ccc(-c2nnc(SCc3cccc(Br)c3)o2)cc1. The van der Waals surface area contributed by atoms with Crippen molar-refractivity contribution < 1.29 is 4.42 Å². The topological polar surface area (TPSA) is 38.9 Å². The Bertz CT molecular complexity index is 740. The number of benzene rings is 2. The van der Waals surface area contributed by atoms with E-state index in [-0.39, 0.29) is 0 Å². The molecular weight excluding hydrogens is 348 g/mol. The molecule has 0 saturated heterocycles. The molecule has 0 N–H and O–H groups in total. The molecule has 1 heterocycles. The Morgan fingerprint density at radius 1 is 1.10 bits per heavy atom. The lowest BCUT2D eigenvalue weighted by atomic mass is 10.1. The van der Waals surface area contributed by atoms with Crippen LogP contribution in [0.25, 0.3) is 11.5 Å². The van der Waals surface area contributed by atoms with Crippen molar-refractivity contribution in [1.82, 2.24) is 10.2 Å². The molecule has 0 aliphatic heterocycles. The highest BCUT2D eigenvalue weighted by Crippen LogP contribution is 2.26. The van der Waals surface area contributed by atoms with Crippen LogP contribution in [-0.2, 0) is 5.75 Å². The molecule has 0 saturated carbocycles. The van der Waals surface area contributed by atoms with Crippen LogP contribution in [0.3, 0.4) is 0 Å². The van der Waals surface area contributed by atoms with Gasteiger partial charge >= 0.3 is 0 Å². The molecule has 1 aromatic heterocycles. The van der Waals surface area contributed by atoms with E-state index >= 15 is 0 Å². The minimum atomic E-state index is 0.562. The van der Waals surface area contributed by atoms with Crippen LogP contribution >= 0.6 is 27.7 Å². The summed E-state index contributed by atoms with van der Waals surface area (Å²) in [6.45, 7) is 2.05. The summed E-state index contributed by atoms with van der Waals surface area (Å²) in [5.41, 5.74) is 3.37. The first-order valence-electron chi connectivity index (χ1n) is 6.48. The fourth-order valence-corrected chi connectivity index (χ4v) is 3.01. The van der Waals surface area contributed by atoms with Crippen molar-refractivity contribution in [2.75, 3.05) is 0 Å². The number of hydrogen-bond acceptors (Lipinski definition) is 4. The van der Waals surface area contributed by atoms with Crippen molar-refractivity contribution in [3.63, 3.8) is 0 Å². The van der Waals surface area contributed by atoms with Crippen molar-refractivity contribution in [2.45, 2.75) is 17.9 Å². The highest BCUT2D eigenvalue weighted by Gasteiger charge is 2.09. The first-order valence-corrected chi connectivity index (χ1v) is 8.26. The van der Waals surface area contributed by atoms with Gasteiger partial charge in [-0.1, -0.05) is 57.5 Å². The van der Waals surface area contributed by atoms with E-state index in [4.69, 9.17) is 4.42 Å². The highest BCUT2D eigenvalue weighted by molar-refractivity contribution is 9.10. The first-order chi connectivity index (χ1) is 10.2. The monoisotopic (exact) mass is 360 g/mol. The fraction of sp³-hybridized carbons (Fsp3) is 0.125. The molecule has 5 heteroatoms. The largest absolute Gasteiger partial charge is 0.411 e. The predicted molar refractivity (Wildman–Crippen MR) is 88.2 cm³/mol. The van der Waals surface area contributed by atoms with Crippen LogP contribution in [0.4, 0.5) is 0 Å². The molecule has 0 aliphatic carbocycles. The Hall–Kier alpha value is -1.59. The first kappa shape index (κ1) is 14.4. The lowest BCUT2D eigenvalue weighted by Gasteiger charge is -1.99. The Balaban J connectivity index is 1.69. The molecule has 0 fully saturated rings. The maximum absolute atomic E-state index is 5.69. The summed E-state index contributed by atoms with van der Waals surface area (Å²) in [7, 11) is 0. The number of rotatable bonds is 4. The van der Waals surface area contributed by atoms with Crippen molar-refractivity contribution >= 4 is 27.7 Å². The Morgan fingerprint density at radius 2 is 1.90 bits per heavy atom. The second-order valence-corrected chi connectivity index (χ2v) is 6.50. The second kappa shape index (κ2) is 6.45. The normalized spacial score (nSPS) is 10.8. The van der Waals surface area contributed by atoms with Crippen LogP contribution in [0, 0.1) is 6.92 Å². The Labute approximate surface area is 135 Å². The highest BCUT2D eigenvalue weighted by atomic mass is 79.9. The van der Waals surface area contributed by atoms with E-state index in [9.17, 15) is 0 Å². The number of aryl methyl sites for hydroxylation is 1.